The van der Waals surface area contributed by atoms with Crippen molar-refractivity contribution in [2.45, 2.75) is 32.1 Å². The summed E-state index contributed by atoms with van der Waals surface area (Å²) < 4.78 is 10.4. The van der Waals surface area contributed by atoms with Gasteiger partial charge in [-0.15, -0.1) is 0 Å². The van der Waals surface area contributed by atoms with E-state index in [9.17, 15) is 4.79 Å². The van der Waals surface area contributed by atoms with Gasteiger partial charge in [0.2, 0.25) is 5.91 Å². The fraction of sp³-hybridized carbons (Fsp3) is 0.533. The Balaban J connectivity index is 2.08. The molecule has 5 heteroatoms. The molecule has 4 nitrogen and oxygen atoms in total. The van der Waals surface area contributed by atoms with Gasteiger partial charge >= 0.3 is 0 Å². The largest absolute Gasteiger partial charge is 0.495 e. The number of carbonyl (C=O) groups excluding carboxylic acids is 1. The molecule has 1 aromatic rings. The van der Waals surface area contributed by atoms with Gasteiger partial charge in [0.25, 0.3) is 0 Å². The number of nitrogens with one attached hydrogen (secondary N) is 1. The van der Waals surface area contributed by atoms with Gasteiger partial charge in [-0.25, -0.2) is 0 Å². The summed E-state index contributed by atoms with van der Waals surface area (Å²) in [5.74, 6) is 1.58. The van der Waals surface area contributed by atoms with Crippen molar-refractivity contribution in [3.63, 3.8) is 0 Å². The third kappa shape index (κ3) is 3.57. The highest BCUT2D eigenvalue weighted by atomic mass is 35.5. The molecule has 110 valence electrons. The molecule has 1 saturated carbocycles. The fourth-order valence-corrected chi connectivity index (χ4v) is 2.87. The topological polar surface area (TPSA) is 47.6 Å². The van der Waals surface area contributed by atoms with Crippen molar-refractivity contribution in [1.29, 1.82) is 0 Å². The van der Waals surface area contributed by atoms with Crippen molar-refractivity contribution in [2.24, 2.45) is 5.92 Å². The van der Waals surface area contributed by atoms with Gasteiger partial charge in [-0.05, 0) is 18.8 Å². The summed E-state index contributed by atoms with van der Waals surface area (Å²) in [7, 11) is 3.09. The van der Waals surface area contributed by atoms with Crippen molar-refractivity contribution in [3.8, 4) is 11.5 Å². The maximum absolute atomic E-state index is 12.1. The van der Waals surface area contributed by atoms with Crippen molar-refractivity contribution >= 4 is 23.2 Å². The SMILES string of the molecule is COc1cc(NC(=O)CC2CCCC2)c(OC)cc1Cl. The first-order valence-corrected chi connectivity index (χ1v) is 7.23. The molecule has 0 spiro atoms. The Morgan fingerprint density at radius 2 is 1.90 bits per heavy atom. The number of ether oxygens (including phenoxy) is 2. The van der Waals surface area contributed by atoms with Gasteiger partial charge in [-0.3, -0.25) is 4.79 Å². The summed E-state index contributed by atoms with van der Waals surface area (Å²) in [5, 5.41) is 3.34. The third-order valence-electron chi connectivity index (χ3n) is 3.70. The van der Waals surface area contributed by atoms with E-state index >= 15 is 0 Å². The average molecular weight is 298 g/mol. The van der Waals surface area contributed by atoms with E-state index in [1.54, 1.807) is 19.2 Å². The quantitative estimate of drug-likeness (QED) is 0.897. The van der Waals surface area contributed by atoms with Crippen LogP contribution in [0.3, 0.4) is 0 Å². The number of anilines is 1. The molecular weight excluding hydrogens is 278 g/mol. The number of hydrogen-bond donors (Lipinski definition) is 1. The molecule has 0 heterocycles. The van der Waals surface area contributed by atoms with Crippen LogP contribution < -0.4 is 14.8 Å². The molecule has 0 saturated heterocycles. The number of methoxy groups -OCH3 is 2. The molecule has 1 N–H and O–H groups in total. The van der Waals surface area contributed by atoms with Gasteiger partial charge in [0.1, 0.15) is 11.5 Å². The van der Waals surface area contributed by atoms with Crippen LogP contribution in [0.1, 0.15) is 32.1 Å². The molecule has 1 aromatic carbocycles. The highest BCUT2D eigenvalue weighted by Crippen LogP contribution is 2.36. The smallest absolute Gasteiger partial charge is 0.224 e. The number of hydrogen-bond acceptors (Lipinski definition) is 3. The van der Waals surface area contributed by atoms with Gasteiger partial charge in [0, 0.05) is 18.6 Å². The molecule has 1 amide bonds. The lowest BCUT2D eigenvalue weighted by atomic mass is 10.0. The lowest BCUT2D eigenvalue weighted by Crippen LogP contribution is -2.15. The molecule has 0 aliphatic heterocycles. The Kier molecular flexibility index (Phi) is 5.12. The summed E-state index contributed by atoms with van der Waals surface area (Å²) in [4.78, 5) is 12.1. The second-order valence-corrected chi connectivity index (χ2v) is 5.50. The summed E-state index contributed by atoms with van der Waals surface area (Å²) in [6.07, 6.45) is 5.32. The first kappa shape index (κ1) is 15.0. The zero-order chi connectivity index (χ0) is 14.5. The summed E-state index contributed by atoms with van der Waals surface area (Å²) in [6, 6.07) is 3.33. The standard InChI is InChI=1S/C15H20ClNO3/c1-19-13-9-12(14(20-2)8-11(13)16)17-15(18)7-10-5-3-4-6-10/h8-10H,3-7H2,1-2H3,(H,17,18). The molecule has 20 heavy (non-hydrogen) atoms. The Morgan fingerprint density at radius 1 is 1.25 bits per heavy atom. The molecule has 2 rings (SSSR count). The predicted molar refractivity (Wildman–Crippen MR) is 79.8 cm³/mol. The predicted octanol–water partition coefficient (Wildman–Crippen LogP) is 3.88. The van der Waals surface area contributed by atoms with Gasteiger partial charge < -0.3 is 14.8 Å². The van der Waals surface area contributed by atoms with Crippen LogP contribution in [0.5, 0.6) is 11.5 Å². The minimum absolute atomic E-state index is 0.0135. The maximum atomic E-state index is 12.1. The summed E-state index contributed by atoms with van der Waals surface area (Å²) in [5.41, 5.74) is 0.594. The van der Waals surface area contributed by atoms with Gasteiger partial charge in [0.15, 0.2) is 0 Å². The molecule has 1 fully saturated rings. The molecule has 0 atom stereocenters. The fourth-order valence-electron chi connectivity index (χ4n) is 2.64. The van der Waals surface area contributed by atoms with Crippen molar-refractivity contribution in [3.05, 3.63) is 17.2 Å². The van der Waals surface area contributed by atoms with Crippen molar-refractivity contribution < 1.29 is 14.3 Å². The van der Waals surface area contributed by atoms with Crippen LogP contribution in [-0.4, -0.2) is 20.1 Å². The van der Waals surface area contributed by atoms with E-state index in [2.05, 4.69) is 5.32 Å². The second kappa shape index (κ2) is 6.84. The van der Waals surface area contributed by atoms with Crippen molar-refractivity contribution in [1.82, 2.24) is 0 Å². The van der Waals surface area contributed by atoms with E-state index in [0.29, 0.717) is 34.5 Å². The molecule has 1 aliphatic carbocycles. The van der Waals surface area contributed by atoms with Crippen molar-refractivity contribution in [2.75, 3.05) is 19.5 Å². The molecule has 0 aromatic heterocycles. The number of amides is 1. The first-order chi connectivity index (χ1) is 9.63. The van der Waals surface area contributed by atoms with Crippen LogP contribution in [0.4, 0.5) is 5.69 Å². The lowest BCUT2D eigenvalue weighted by molar-refractivity contribution is -0.117. The monoisotopic (exact) mass is 297 g/mol. The third-order valence-corrected chi connectivity index (χ3v) is 3.99. The normalized spacial score (nSPS) is 15.2. The second-order valence-electron chi connectivity index (χ2n) is 5.09. The molecule has 0 bridgehead atoms. The Morgan fingerprint density at radius 3 is 2.50 bits per heavy atom. The summed E-state index contributed by atoms with van der Waals surface area (Å²) in [6.45, 7) is 0. The maximum Gasteiger partial charge on any atom is 0.224 e. The van der Waals surface area contributed by atoms with Gasteiger partial charge in [-0.1, -0.05) is 24.4 Å². The Labute approximate surface area is 124 Å². The van der Waals surface area contributed by atoms with E-state index in [1.165, 1.54) is 20.0 Å². The highest BCUT2D eigenvalue weighted by molar-refractivity contribution is 6.32. The average Bonchev–Trinajstić information content (AvgIpc) is 2.92. The molecule has 0 radical (unpaired) electrons. The number of halogens is 1. The van der Waals surface area contributed by atoms with E-state index < -0.39 is 0 Å². The van der Waals surface area contributed by atoms with E-state index in [1.807, 2.05) is 0 Å². The van der Waals surface area contributed by atoms with Crippen LogP contribution in [0.25, 0.3) is 0 Å². The van der Waals surface area contributed by atoms with Crippen LogP contribution in [0, 0.1) is 5.92 Å². The summed E-state index contributed by atoms with van der Waals surface area (Å²) >= 11 is 6.04. The molecule has 1 aliphatic rings. The zero-order valence-electron chi connectivity index (χ0n) is 11.9. The van der Waals surface area contributed by atoms with Crippen LogP contribution in [0.2, 0.25) is 5.02 Å². The minimum Gasteiger partial charge on any atom is -0.495 e. The Hall–Kier alpha value is -1.42. The van der Waals surface area contributed by atoms with Gasteiger partial charge in [0.05, 0.1) is 24.9 Å². The Bertz CT molecular complexity index is 484. The highest BCUT2D eigenvalue weighted by Gasteiger charge is 2.19. The van der Waals surface area contributed by atoms with Crippen LogP contribution in [-0.2, 0) is 4.79 Å². The molecular formula is C15H20ClNO3. The zero-order valence-corrected chi connectivity index (χ0v) is 12.6. The first-order valence-electron chi connectivity index (χ1n) is 6.85. The van der Waals surface area contributed by atoms with Crippen LogP contribution >= 0.6 is 11.6 Å². The minimum atomic E-state index is 0.0135. The number of benzene rings is 1. The van der Waals surface area contributed by atoms with E-state index in [4.69, 9.17) is 21.1 Å². The molecule has 0 unspecified atom stereocenters. The lowest BCUT2D eigenvalue weighted by Gasteiger charge is -2.14. The van der Waals surface area contributed by atoms with E-state index in [0.717, 1.165) is 12.8 Å². The van der Waals surface area contributed by atoms with E-state index in [-0.39, 0.29) is 5.91 Å². The number of carbonyl (C=O) groups is 1. The number of rotatable bonds is 5. The van der Waals surface area contributed by atoms with Crippen LogP contribution in [0.15, 0.2) is 12.1 Å². The van der Waals surface area contributed by atoms with Gasteiger partial charge in [-0.2, -0.15) is 0 Å².